The molecule has 0 amide bonds. The normalized spacial score (nSPS) is 23.2. The summed E-state index contributed by atoms with van der Waals surface area (Å²) in [6.45, 7) is 4.94. The minimum atomic E-state index is -3.73. The molecule has 0 bridgehead atoms. The van der Waals surface area contributed by atoms with Gasteiger partial charge in [0.2, 0.25) is 10.0 Å². The molecule has 7 heteroatoms. The lowest BCUT2D eigenvalue weighted by molar-refractivity contribution is 0.0596. The fraction of sp³-hybridized carbons (Fsp3) is 0.500. The number of nitrogen functional groups attached to an aromatic ring is 1. The topological polar surface area (TPSA) is 89.7 Å². The molecule has 1 saturated heterocycles. The summed E-state index contributed by atoms with van der Waals surface area (Å²) in [6.07, 6.45) is 0. The fourth-order valence-electron chi connectivity index (χ4n) is 2.45. The lowest BCUT2D eigenvalue weighted by Gasteiger charge is -2.18. The number of sulfonamides is 1. The Morgan fingerprint density at radius 1 is 1.29 bits per heavy atom. The molecule has 0 aromatic heterocycles. The second-order valence-electron chi connectivity index (χ2n) is 5.52. The van der Waals surface area contributed by atoms with E-state index in [1.54, 1.807) is 0 Å². The van der Waals surface area contributed by atoms with Gasteiger partial charge in [0.25, 0.3) is 0 Å². The quantitative estimate of drug-likeness (QED) is 0.672. The number of rotatable bonds is 3. The van der Waals surface area contributed by atoms with E-state index in [1.807, 2.05) is 13.8 Å². The van der Waals surface area contributed by atoms with Gasteiger partial charge in [0, 0.05) is 18.8 Å². The summed E-state index contributed by atoms with van der Waals surface area (Å²) in [7, 11) is -2.52. The molecule has 0 radical (unpaired) electrons. The summed E-state index contributed by atoms with van der Waals surface area (Å²) in [5.41, 5.74) is 5.94. The van der Waals surface area contributed by atoms with Crippen molar-refractivity contribution in [2.24, 2.45) is 11.8 Å². The van der Waals surface area contributed by atoms with Gasteiger partial charge in [0.1, 0.15) is 0 Å². The molecule has 1 aliphatic rings. The third-order valence-electron chi connectivity index (χ3n) is 3.98. The highest BCUT2D eigenvalue weighted by Crippen LogP contribution is 2.30. The van der Waals surface area contributed by atoms with Crippen LogP contribution in [0.25, 0.3) is 0 Å². The largest absolute Gasteiger partial charge is 0.465 e. The zero-order chi connectivity index (χ0) is 15.8. The van der Waals surface area contributed by atoms with Crippen LogP contribution < -0.4 is 5.73 Å². The van der Waals surface area contributed by atoms with Gasteiger partial charge >= 0.3 is 5.97 Å². The fourth-order valence-corrected chi connectivity index (χ4v) is 4.26. The summed E-state index contributed by atoms with van der Waals surface area (Å²) < 4.78 is 31.6. The smallest absolute Gasteiger partial charge is 0.339 e. The van der Waals surface area contributed by atoms with Gasteiger partial charge < -0.3 is 10.5 Å². The molecule has 0 spiro atoms. The molecule has 0 aliphatic carbocycles. The Kier molecular flexibility index (Phi) is 4.25. The Morgan fingerprint density at radius 3 is 2.38 bits per heavy atom. The number of nitrogens with zero attached hydrogens (tertiary/aromatic N) is 1. The Balaban J connectivity index is 2.48. The number of nitrogens with two attached hydrogens (primary N) is 1. The number of ether oxygens (including phenoxy) is 1. The number of hydrogen-bond acceptors (Lipinski definition) is 5. The van der Waals surface area contributed by atoms with Gasteiger partial charge in [-0.25, -0.2) is 13.2 Å². The second kappa shape index (κ2) is 5.65. The first kappa shape index (κ1) is 15.8. The standard InChI is InChI=1S/C14H20N2O4S/c1-9-7-16(8-10(9)2)21(18,19)13-5-4-11(15)6-12(13)14(17)20-3/h4-6,9-10H,7-8,15H2,1-3H3. The summed E-state index contributed by atoms with van der Waals surface area (Å²) in [4.78, 5) is 11.8. The molecular formula is C14H20N2O4S. The van der Waals surface area contributed by atoms with Crippen molar-refractivity contribution < 1.29 is 17.9 Å². The van der Waals surface area contributed by atoms with E-state index in [0.29, 0.717) is 18.8 Å². The van der Waals surface area contributed by atoms with Crippen molar-refractivity contribution in [3.05, 3.63) is 23.8 Å². The van der Waals surface area contributed by atoms with E-state index in [0.717, 1.165) is 0 Å². The number of anilines is 1. The molecule has 2 rings (SSSR count). The van der Waals surface area contributed by atoms with Crippen LogP contribution in [0.2, 0.25) is 0 Å². The van der Waals surface area contributed by atoms with Crippen LogP contribution in [-0.4, -0.2) is 38.9 Å². The summed E-state index contributed by atoms with van der Waals surface area (Å²) in [6, 6.07) is 4.18. The molecule has 1 aliphatic heterocycles. The van der Waals surface area contributed by atoms with E-state index in [2.05, 4.69) is 4.74 Å². The van der Waals surface area contributed by atoms with Crippen molar-refractivity contribution >= 4 is 21.7 Å². The van der Waals surface area contributed by atoms with Crippen LogP contribution in [0.4, 0.5) is 5.69 Å². The molecule has 21 heavy (non-hydrogen) atoms. The third-order valence-corrected chi connectivity index (χ3v) is 5.87. The zero-order valence-corrected chi connectivity index (χ0v) is 13.2. The predicted octanol–water partition coefficient (Wildman–Crippen LogP) is 1.33. The first-order valence-corrected chi connectivity index (χ1v) is 8.19. The maximum Gasteiger partial charge on any atom is 0.339 e. The van der Waals surface area contributed by atoms with Gasteiger partial charge in [0.15, 0.2) is 0 Å². The van der Waals surface area contributed by atoms with Crippen molar-refractivity contribution in [2.45, 2.75) is 18.7 Å². The number of esters is 1. The minimum absolute atomic E-state index is 0.0234. The zero-order valence-electron chi connectivity index (χ0n) is 12.4. The molecular weight excluding hydrogens is 292 g/mol. The van der Waals surface area contributed by atoms with Crippen LogP contribution in [-0.2, 0) is 14.8 Å². The highest BCUT2D eigenvalue weighted by molar-refractivity contribution is 7.89. The van der Waals surface area contributed by atoms with Crippen molar-refractivity contribution in [1.82, 2.24) is 4.31 Å². The van der Waals surface area contributed by atoms with E-state index < -0.39 is 16.0 Å². The molecule has 1 aromatic rings. The van der Waals surface area contributed by atoms with Crippen molar-refractivity contribution in [3.63, 3.8) is 0 Å². The SMILES string of the molecule is COC(=O)c1cc(N)ccc1S(=O)(=O)N1CC(C)C(C)C1. The number of methoxy groups -OCH3 is 1. The van der Waals surface area contributed by atoms with Crippen molar-refractivity contribution in [3.8, 4) is 0 Å². The number of hydrogen-bond donors (Lipinski definition) is 1. The monoisotopic (exact) mass is 312 g/mol. The number of carbonyl (C=O) groups excluding carboxylic acids is 1. The van der Waals surface area contributed by atoms with Crippen molar-refractivity contribution in [2.75, 3.05) is 25.9 Å². The Hall–Kier alpha value is -1.60. The van der Waals surface area contributed by atoms with E-state index in [9.17, 15) is 13.2 Å². The van der Waals surface area contributed by atoms with Gasteiger partial charge in [-0.05, 0) is 30.0 Å². The van der Waals surface area contributed by atoms with Crippen LogP contribution in [0.15, 0.2) is 23.1 Å². The lowest BCUT2D eigenvalue weighted by atomic mass is 10.0. The molecule has 6 nitrogen and oxygen atoms in total. The molecule has 0 saturated carbocycles. The van der Waals surface area contributed by atoms with Gasteiger partial charge in [-0.1, -0.05) is 13.8 Å². The molecule has 2 N–H and O–H groups in total. The molecule has 1 heterocycles. The average molecular weight is 312 g/mol. The van der Waals surface area contributed by atoms with E-state index in [-0.39, 0.29) is 22.3 Å². The van der Waals surface area contributed by atoms with Crippen LogP contribution in [0.1, 0.15) is 24.2 Å². The number of benzene rings is 1. The summed E-state index contributed by atoms with van der Waals surface area (Å²) in [5, 5.41) is 0. The van der Waals surface area contributed by atoms with Crippen LogP contribution in [0.3, 0.4) is 0 Å². The van der Waals surface area contributed by atoms with Gasteiger partial charge in [-0.15, -0.1) is 0 Å². The van der Waals surface area contributed by atoms with E-state index in [1.165, 1.54) is 29.6 Å². The Labute approximate surface area is 124 Å². The van der Waals surface area contributed by atoms with Gasteiger partial charge in [-0.2, -0.15) is 4.31 Å². The average Bonchev–Trinajstić information content (AvgIpc) is 2.78. The van der Waals surface area contributed by atoms with E-state index in [4.69, 9.17) is 5.73 Å². The highest BCUT2D eigenvalue weighted by atomic mass is 32.2. The van der Waals surface area contributed by atoms with Gasteiger partial charge in [-0.3, -0.25) is 0 Å². The summed E-state index contributed by atoms with van der Waals surface area (Å²) in [5.74, 6) is -0.133. The third kappa shape index (κ3) is 2.89. The highest BCUT2D eigenvalue weighted by Gasteiger charge is 2.36. The first-order valence-electron chi connectivity index (χ1n) is 6.75. The predicted molar refractivity (Wildman–Crippen MR) is 79.3 cm³/mol. The molecule has 1 aromatic carbocycles. The second-order valence-corrected chi connectivity index (χ2v) is 7.43. The molecule has 1 fully saturated rings. The molecule has 116 valence electrons. The minimum Gasteiger partial charge on any atom is -0.465 e. The lowest BCUT2D eigenvalue weighted by Crippen LogP contribution is -2.30. The Bertz CT molecular complexity index is 647. The molecule has 2 unspecified atom stereocenters. The van der Waals surface area contributed by atoms with Crippen LogP contribution >= 0.6 is 0 Å². The van der Waals surface area contributed by atoms with Crippen LogP contribution in [0.5, 0.6) is 0 Å². The van der Waals surface area contributed by atoms with Crippen LogP contribution in [0, 0.1) is 11.8 Å². The van der Waals surface area contributed by atoms with E-state index >= 15 is 0 Å². The maximum atomic E-state index is 12.8. The maximum absolute atomic E-state index is 12.8. The summed E-state index contributed by atoms with van der Waals surface area (Å²) >= 11 is 0. The number of carbonyl (C=O) groups is 1. The van der Waals surface area contributed by atoms with Crippen molar-refractivity contribution in [1.29, 1.82) is 0 Å². The Morgan fingerprint density at radius 2 is 1.86 bits per heavy atom. The van der Waals surface area contributed by atoms with Gasteiger partial charge in [0.05, 0.1) is 17.6 Å². The molecule has 2 atom stereocenters. The first-order chi connectivity index (χ1) is 9.77.